The van der Waals surface area contributed by atoms with Crippen molar-refractivity contribution < 1.29 is 4.79 Å². The van der Waals surface area contributed by atoms with Gasteiger partial charge in [0.15, 0.2) is 5.13 Å². The number of fused-ring (bicyclic) bond motifs is 1. The summed E-state index contributed by atoms with van der Waals surface area (Å²) in [6, 6.07) is 7.81. The van der Waals surface area contributed by atoms with Crippen molar-refractivity contribution in [2.75, 3.05) is 10.2 Å². The first kappa shape index (κ1) is 14.1. The number of hydrogen-bond donors (Lipinski definition) is 1. The topological polar surface area (TPSA) is 45.2 Å². The molecule has 4 nitrogen and oxygen atoms in total. The van der Waals surface area contributed by atoms with Gasteiger partial charge in [-0.1, -0.05) is 38.5 Å². The third-order valence-corrected chi connectivity index (χ3v) is 4.88. The molecule has 2 unspecified atom stereocenters. The van der Waals surface area contributed by atoms with Gasteiger partial charge in [0.25, 0.3) is 0 Å². The number of rotatable bonds is 3. The molecule has 110 valence electrons. The van der Waals surface area contributed by atoms with Gasteiger partial charge in [-0.15, -0.1) is 11.3 Å². The fraction of sp³-hybridized carbons (Fsp3) is 0.375. The zero-order valence-corrected chi connectivity index (χ0v) is 13.1. The highest BCUT2D eigenvalue weighted by Crippen LogP contribution is 2.32. The number of aromatic nitrogens is 1. The van der Waals surface area contributed by atoms with E-state index in [1.54, 1.807) is 17.5 Å². The lowest BCUT2D eigenvalue weighted by Gasteiger charge is -2.32. The maximum absolute atomic E-state index is 12.7. The first-order valence-electron chi connectivity index (χ1n) is 7.25. The van der Waals surface area contributed by atoms with Gasteiger partial charge in [-0.2, -0.15) is 0 Å². The summed E-state index contributed by atoms with van der Waals surface area (Å²) in [7, 11) is 0. The van der Waals surface area contributed by atoms with Gasteiger partial charge in [-0.3, -0.25) is 4.79 Å². The monoisotopic (exact) mass is 301 g/mol. The van der Waals surface area contributed by atoms with Crippen LogP contribution < -0.4 is 10.2 Å². The Kier molecular flexibility index (Phi) is 3.92. The lowest BCUT2D eigenvalue weighted by atomic mass is 9.97. The zero-order valence-electron chi connectivity index (χ0n) is 12.2. The van der Waals surface area contributed by atoms with Crippen LogP contribution in [-0.4, -0.2) is 16.9 Å². The molecule has 1 aliphatic rings. The minimum absolute atomic E-state index is 0.0597. The Hall–Kier alpha value is -1.88. The molecular weight excluding hydrogens is 282 g/mol. The second-order valence-electron chi connectivity index (χ2n) is 5.42. The summed E-state index contributed by atoms with van der Waals surface area (Å²) in [6.07, 6.45) is 2.75. The second kappa shape index (κ2) is 5.85. The Morgan fingerprint density at radius 3 is 3.00 bits per heavy atom. The molecule has 2 heterocycles. The summed E-state index contributed by atoms with van der Waals surface area (Å²) in [5, 5.41) is 5.94. The number of amides is 1. The highest BCUT2D eigenvalue weighted by Gasteiger charge is 2.34. The molecule has 0 spiro atoms. The maximum Gasteiger partial charge on any atom is 0.247 e. The van der Waals surface area contributed by atoms with E-state index in [0.29, 0.717) is 6.54 Å². The summed E-state index contributed by atoms with van der Waals surface area (Å²) in [5.41, 5.74) is 2.04. The molecule has 21 heavy (non-hydrogen) atoms. The van der Waals surface area contributed by atoms with Crippen LogP contribution in [0.2, 0.25) is 0 Å². The van der Waals surface area contributed by atoms with Crippen LogP contribution in [0.5, 0.6) is 0 Å². The highest BCUT2D eigenvalue weighted by atomic mass is 32.1. The number of thiazole rings is 1. The van der Waals surface area contributed by atoms with E-state index in [1.807, 2.05) is 23.6 Å². The van der Waals surface area contributed by atoms with E-state index in [0.717, 1.165) is 22.8 Å². The van der Waals surface area contributed by atoms with Crippen LogP contribution in [0.1, 0.15) is 25.8 Å². The van der Waals surface area contributed by atoms with E-state index >= 15 is 0 Å². The minimum Gasteiger partial charge on any atom is -0.331 e. The third-order valence-electron chi connectivity index (χ3n) is 4.07. The van der Waals surface area contributed by atoms with E-state index in [4.69, 9.17) is 0 Å². The van der Waals surface area contributed by atoms with Crippen LogP contribution in [-0.2, 0) is 11.3 Å². The normalized spacial score (nSPS) is 19.6. The SMILES string of the molecule is CCC(C)C1C(=O)Nc2ccccc2CN1c1nccs1. The van der Waals surface area contributed by atoms with Crippen molar-refractivity contribution >= 4 is 28.1 Å². The summed E-state index contributed by atoms with van der Waals surface area (Å²) >= 11 is 1.58. The molecule has 2 aromatic rings. The molecule has 1 amide bonds. The average molecular weight is 301 g/mol. The molecule has 0 bridgehead atoms. The van der Waals surface area contributed by atoms with Crippen LogP contribution in [0, 0.1) is 5.92 Å². The predicted molar refractivity (Wildman–Crippen MR) is 86.6 cm³/mol. The van der Waals surface area contributed by atoms with E-state index in [2.05, 4.69) is 35.1 Å². The standard InChI is InChI=1S/C16H19N3OS/c1-3-11(2)14-15(20)18-13-7-5-4-6-12(13)10-19(14)16-17-8-9-21-16/h4-9,11,14H,3,10H2,1-2H3,(H,18,20). The summed E-state index contributed by atoms with van der Waals surface area (Å²) < 4.78 is 0. The van der Waals surface area contributed by atoms with Crippen LogP contribution >= 0.6 is 11.3 Å². The molecule has 0 aliphatic carbocycles. The lowest BCUT2D eigenvalue weighted by Crippen LogP contribution is -2.46. The molecule has 0 fully saturated rings. The average Bonchev–Trinajstić information content (AvgIpc) is 2.97. The number of hydrogen-bond acceptors (Lipinski definition) is 4. The molecule has 1 aromatic carbocycles. The molecule has 0 saturated carbocycles. The van der Waals surface area contributed by atoms with Crippen LogP contribution in [0.25, 0.3) is 0 Å². The lowest BCUT2D eigenvalue weighted by molar-refractivity contribution is -0.118. The first-order valence-corrected chi connectivity index (χ1v) is 8.13. The van der Waals surface area contributed by atoms with Gasteiger partial charge in [0, 0.05) is 23.8 Å². The number of para-hydroxylation sites is 1. The van der Waals surface area contributed by atoms with Crippen LogP contribution in [0.3, 0.4) is 0 Å². The number of benzene rings is 1. The van der Waals surface area contributed by atoms with Gasteiger partial charge in [0.2, 0.25) is 5.91 Å². The Morgan fingerprint density at radius 1 is 1.48 bits per heavy atom. The van der Waals surface area contributed by atoms with Gasteiger partial charge < -0.3 is 10.2 Å². The van der Waals surface area contributed by atoms with Gasteiger partial charge in [0.05, 0.1) is 0 Å². The predicted octanol–water partition coefficient (Wildman–Crippen LogP) is 3.52. The number of nitrogens with zero attached hydrogens (tertiary/aromatic N) is 2. The molecular formula is C16H19N3OS. The van der Waals surface area contributed by atoms with Crippen molar-refractivity contribution in [3.8, 4) is 0 Å². The molecule has 5 heteroatoms. The Morgan fingerprint density at radius 2 is 2.29 bits per heavy atom. The van der Waals surface area contributed by atoms with E-state index in [1.165, 1.54) is 0 Å². The minimum atomic E-state index is -0.187. The fourth-order valence-electron chi connectivity index (χ4n) is 2.74. The number of nitrogens with one attached hydrogen (secondary N) is 1. The molecule has 3 rings (SSSR count). The molecule has 1 aromatic heterocycles. The fourth-order valence-corrected chi connectivity index (χ4v) is 3.42. The van der Waals surface area contributed by atoms with E-state index < -0.39 is 0 Å². The second-order valence-corrected chi connectivity index (χ2v) is 6.29. The molecule has 1 N–H and O–H groups in total. The summed E-state index contributed by atoms with van der Waals surface area (Å²) in [5.74, 6) is 0.327. The summed E-state index contributed by atoms with van der Waals surface area (Å²) in [4.78, 5) is 19.3. The Balaban J connectivity index is 2.05. The van der Waals surface area contributed by atoms with E-state index in [9.17, 15) is 4.79 Å². The smallest absolute Gasteiger partial charge is 0.247 e. The third kappa shape index (κ3) is 2.65. The Bertz CT molecular complexity index is 626. The first-order chi connectivity index (χ1) is 10.2. The van der Waals surface area contributed by atoms with Gasteiger partial charge >= 0.3 is 0 Å². The zero-order chi connectivity index (χ0) is 14.8. The Labute approximate surface area is 128 Å². The molecule has 0 saturated heterocycles. The van der Waals surface area contributed by atoms with E-state index in [-0.39, 0.29) is 17.9 Å². The van der Waals surface area contributed by atoms with Gasteiger partial charge in [-0.05, 0) is 17.5 Å². The van der Waals surface area contributed by atoms with Crippen LogP contribution in [0.4, 0.5) is 10.8 Å². The molecule has 0 radical (unpaired) electrons. The maximum atomic E-state index is 12.7. The highest BCUT2D eigenvalue weighted by molar-refractivity contribution is 7.13. The van der Waals surface area contributed by atoms with Crippen molar-refractivity contribution in [3.05, 3.63) is 41.4 Å². The number of carbonyl (C=O) groups excluding carboxylic acids is 1. The number of anilines is 2. The summed E-state index contributed by atoms with van der Waals surface area (Å²) in [6.45, 7) is 4.95. The van der Waals surface area contributed by atoms with Crippen LogP contribution in [0.15, 0.2) is 35.8 Å². The number of carbonyl (C=O) groups is 1. The van der Waals surface area contributed by atoms with Crippen molar-refractivity contribution in [2.24, 2.45) is 5.92 Å². The quantitative estimate of drug-likeness (QED) is 0.943. The molecule has 1 aliphatic heterocycles. The largest absolute Gasteiger partial charge is 0.331 e. The van der Waals surface area contributed by atoms with Gasteiger partial charge in [0.1, 0.15) is 6.04 Å². The molecule has 2 atom stereocenters. The van der Waals surface area contributed by atoms with Gasteiger partial charge in [-0.25, -0.2) is 4.98 Å². The van der Waals surface area contributed by atoms with Crippen molar-refractivity contribution in [3.63, 3.8) is 0 Å². The van der Waals surface area contributed by atoms with Crippen molar-refractivity contribution in [2.45, 2.75) is 32.9 Å². The van der Waals surface area contributed by atoms with Crippen molar-refractivity contribution in [1.29, 1.82) is 0 Å². The van der Waals surface area contributed by atoms with Crippen molar-refractivity contribution in [1.82, 2.24) is 4.98 Å².